The van der Waals surface area contributed by atoms with E-state index in [1.165, 1.54) is 24.3 Å². The molecular weight excluding hydrogens is 599 g/mol. The zero-order chi connectivity index (χ0) is 32.2. The molecule has 236 valence electrons. The lowest BCUT2D eigenvalue weighted by atomic mass is 9.99. The summed E-state index contributed by atoms with van der Waals surface area (Å²) in [6, 6.07) is 2.19. The number of hydrogen-bond acceptors (Lipinski definition) is 10. The third kappa shape index (κ3) is 11.0. The van der Waals surface area contributed by atoms with Crippen molar-refractivity contribution in [2.75, 3.05) is 31.1 Å². The maximum atomic E-state index is 13.4. The number of benzene rings is 1. The highest BCUT2D eigenvalue weighted by Crippen LogP contribution is 2.42. The number of carbonyl (C=O) groups excluding carboxylic acids is 3. The second kappa shape index (κ2) is 16.1. The fourth-order valence-corrected chi connectivity index (χ4v) is 4.53. The molecule has 0 saturated carbocycles. The molecule has 0 bridgehead atoms. The molecule has 0 aliphatic carbocycles. The lowest BCUT2D eigenvalue weighted by molar-refractivity contribution is -0.165. The van der Waals surface area contributed by atoms with Crippen molar-refractivity contribution in [3.05, 3.63) is 35.4 Å². The largest absolute Gasteiger partial charge is 0.480 e. The van der Waals surface area contributed by atoms with E-state index in [1.54, 1.807) is 0 Å². The number of alkyl halides is 3. The first-order chi connectivity index (χ1) is 20.2. The molecule has 3 atom stereocenters. The van der Waals surface area contributed by atoms with E-state index in [-0.39, 0.29) is 43.0 Å². The van der Waals surface area contributed by atoms with Gasteiger partial charge in [-0.3, -0.25) is 24.0 Å². The number of carboxylic acids is 2. The number of amides is 3. The Morgan fingerprint density at radius 2 is 1.72 bits per heavy atom. The first-order valence-electron chi connectivity index (χ1n) is 12.7. The number of carboxylic acid groups (broad SMARTS) is 2. The van der Waals surface area contributed by atoms with E-state index >= 15 is 0 Å². The van der Waals surface area contributed by atoms with Crippen LogP contribution >= 0.6 is 11.8 Å². The van der Waals surface area contributed by atoms with Crippen LogP contribution in [0.4, 0.5) is 13.2 Å². The predicted octanol–water partition coefficient (Wildman–Crippen LogP) is -1.50. The van der Waals surface area contributed by atoms with Crippen molar-refractivity contribution < 1.29 is 47.4 Å². The summed E-state index contributed by atoms with van der Waals surface area (Å²) in [4.78, 5) is 59.1. The summed E-state index contributed by atoms with van der Waals surface area (Å²) in [6.07, 6.45) is 0.150. The Morgan fingerprint density at radius 3 is 2.26 bits per heavy atom. The van der Waals surface area contributed by atoms with E-state index in [0.717, 1.165) is 11.8 Å². The molecule has 1 heterocycles. The summed E-state index contributed by atoms with van der Waals surface area (Å²) in [5.41, 5.74) is 7.69. The Kier molecular flexibility index (Phi) is 13.2. The van der Waals surface area contributed by atoms with Crippen molar-refractivity contribution in [2.45, 2.75) is 42.8 Å². The van der Waals surface area contributed by atoms with E-state index in [1.807, 2.05) is 0 Å². The van der Waals surface area contributed by atoms with Crippen molar-refractivity contribution in [1.82, 2.24) is 32.1 Å². The monoisotopic (exact) mass is 631 g/mol. The number of hydrogen-bond donors (Lipinski definition) is 9. The minimum Gasteiger partial charge on any atom is -0.480 e. The maximum Gasteiger partial charge on any atom is 0.426 e. The molecule has 1 aliphatic heterocycles. The minimum atomic E-state index is -4.58. The zero-order valence-corrected chi connectivity index (χ0v) is 23.4. The Morgan fingerprint density at radius 1 is 1.07 bits per heavy atom. The molecule has 0 radical (unpaired) electrons. The van der Waals surface area contributed by atoms with Crippen LogP contribution in [-0.4, -0.2) is 89.3 Å². The smallest absolute Gasteiger partial charge is 0.426 e. The topological polar surface area (TPSA) is 244 Å². The number of carbonyl (C=O) groups is 5. The molecule has 43 heavy (non-hydrogen) atoms. The van der Waals surface area contributed by atoms with Gasteiger partial charge >= 0.3 is 18.1 Å². The standard InChI is InChI=1S/C25H32F3N7O7S/c1-2-9-30-10-17(14-3-5-15(6-4-14)24(34-35-24)25(26,27)28)32-20(37)13-43-12-18(22(40)31-11-21(38)39)33-19(36)8-7-16(29)23(41)42/h1,3-6,16-18,30,34-35H,7-13,29H2,(H,31,40)(H,32,37)(H,33,36)(H,38,39)(H,41,42). The van der Waals surface area contributed by atoms with Crippen LogP contribution in [0.2, 0.25) is 0 Å². The van der Waals surface area contributed by atoms with Gasteiger partial charge in [0.1, 0.15) is 18.6 Å². The van der Waals surface area contributed by atoms with Crippen LogP contribution in [0, 0.1) is 12.3 Å². The van der Waals surface area contributed by atoms with Gasteiger partial charge < -0.3 is 37.2 Å². The van der Waals surface area contributed by atoms with Gasteiger partial charge in [0.2, 0.25) is 23.4 Å². The molecule has 3 unspecified atom stereocenters. The van der Waals surface area contributed by atoms with Gasteiger partial charge in [-0.1, -0.05) is 30.2 Å². The molecule has 10 N–H and O–H groups in total. The number of nitrogens with one attached hydrogen (secondary N) is 6. The van der Waals surface area contributed by atoms with E-state index in [4.69, 9.17) is 22.4 Å². The average molecular weight is 632 g/mol. The first kappa shape index (κ1) is 35.3. The number of nitrogens with two attached hydrogens (primary N) is 1. The molecule has 1 aromatic carbocycles. The predicted molar refractivity (Wildman–Crippen MR) is 148 cm³/mol. The molecule has 0 aromatic heterocycles. The Hall–Kier alpha value is -3.89. The highest BCUT2D eigenvalue weighted by Gasteiger charge is 2.65. The van der Waals surface area contributed by atoms with E-state index in [9.17, 15) is 37.1 Å². The summed E-state index contributed by atoms with van der Waals surface area (Å²) in [5, 5.41) is 27.8. The van der Waals surface area contributed by atoms with Crippen molar-refractivity contribution >= 4 is 41.4 Å². The van der Waals surface area contributed by atoms with Crippen LogP contribution in [0.15, 0.2) is 24.3 Å². The Balaban J connectivity index is 2.02. The van der Waals surface area contributed by atoms with Crippen molar-refractivity contribution in [3.8, 4) is 12.3 Å². The first-order valence-corrected chi connectivity index (χ1v) is 13.9. The van der Waals surface area contributed by atoms with Gasteiger partial charge in [-0.2, -0.15) is 13.2 Å². The van der Waals surface area contributed by atoms with Crippen LogP contribution in [0.5, 0.6) is 0 Å². The van der Waals surface area contributed by atoms with Crippen molar-refractivity contribution in [1.29, 1.82) is 0 Å². The third-order valence-corrected chi connectivity index (χ3v) is 7.08. The van der Waals surface area contributed by atoms with Gasteiger partial charge in [-0.25, -0.2) is 10.9 Å². The van der Waals surface area contributed by atoms with E-state index in [2.05, 4.69) is 38.0 Å². The van der Waals surface area contributed by atoms with Gasteiger partial charge in [0.15, 0.2) is 0 Å². The summed E-state index contributed by atoms with van der Waals surface area (Å²) in [5.74, 6) is -2.67. The molecule has 2 rings (SSSR count). The van der Waals surface area contributed by atoms with Crippen LogP contribution in [-0.2, 0) is 29.6 Å². The van der Waals surface area contributed by atoms with Gasteiger partial charge in [-0.15, -0.1) is 18.2 Å². The highest BCUT2D eigenvalue weighted by atomic mass is 32.2. The number of terminal acetylenes is 1. The van der Waals surface area contributed by atoms with Crippen molar-refractivity contribution in [3.63, 3.8) is 0 Å². The average Bonchev–Trinajstić information content (AvgIpc) is 3.76. The summed E-state index contributed by atoms with van der Waals surface area (Å²) < 4.78 is 40.1. The molecule has 1 saturated heterocycles. The fourth-order valence-electron chi connectivity index (χ4n) is 3.67. The fraction of sp³-hybridized carbons (Fsp3) is 0.480. The minimum absolute atomic E-state index is 0.0693. The molecule has 1 aliphatic rings. The molecule has 3 amide bonds. The van der Waals surface area contributed by atoms with Crippen LogP contribution in [0.3, 0.4) is 0 Å². The quantitative estimate of drug-likeness (QED) is 0.0511. The lowest BCUT2D eigenvalue weighted by Crippen LogP contribution is -2.49. The summed E-state index contributed by atoms with van der Waals surface area (Å²) in [7, 11) is 0. The highest BCUT2D eigenvalue weighted by molar-refractivity contribution is 8.00. The number of rotatable bonds is 18. The van der Waals surface area contributed by atoms with Crippen LogP contribution in [0.25, 0.3) is 0 Å². The SMILES string of the molecule is C#CCNCC(NC(=O)CSCC(NC(=O)CCC(N)C(=O)O)C(=O)NCC(=O)O)c1ccc(C2(C(F)(F)F)NN2)cc1. The van der Waals surface area contributed by atoms with Gasteiger partial charge in [0.05, 0.1) is 18.3 Å². The molecule has 0 spiro atoms. The van der Waals surface area contributed by atoms with E-state index < -0.39 is 66.2 Å². The van der Waals surface area contributed by atoms with Crippen LogP contribution in [0.1, 0.15) is 30.0 Å². The maximum absolute atomic E-state index is 13.4. The number of thioether (sulfide) groups is 1. The molecule has 14 nitrogen and oxygen atoms in total. The summed E-state index contributed by atoms with van der Waals surface area (Å²) in [6.45, 7) is -0.411. The Bertz CT molecular complexity index is 1210. The normalized spacial score (nSPS) is 15.7. The van der Waals surface area contributed by atoms with Gasteiger partial charge in [0, 0.05) is 18.7 Å². The number of aliphatic carboxylic acids is 2. The Labute approximate surface area is 248 Å². The second-order valence-corrected chi connectivity index (χ2v) is 10.3. The molecule has 1 aromatic rings. The van der Waals surface area contributed by atoms with Crippen LogP contribution < -0.4 is 37.9 Å². The van der Waals surface area contributed by atoms with Gasteiger partial charge in [-0.05, 0) is 17.5 Å². The number of hydrazine groups is 1. The lowest BCUT2D eigenvalue weighted by Gasteiger charge is -2.22. The van der Waals surface area contributed by atoms with E-state index in [0.29, 0.717) is 5.56 Å². The zero-order valence-electron chi connectivity index (χ0n) is 22.6. The number of halogens is 3. The third-order valence-electron chi connectivity index (χ3n) is 6.04. The van der Waals surface area contributed by atoms with Crippen molar-refractivity contribution in [2.24, 2.45) is 5.73 Å². The van der Waals surface area contributed by atoms with Gasteiger partial charge in [0.25, 0.3) is 0 Å². The molecular formula is C25H32F3N7O7S. The second-order valence-electron chi connectivity index (χ2n) is 9.31. The molecule has 1 fully saturated rings. The molecule has 18 heteroatoms. The summed E-state index contributed by atoms with van der Waals surface area (Å²) >= 11 is 0.938.